The van der Waals surface area contributed by atoms with Crippen molar-refractivity contribution in [1.29, 1.82) is 5.26 Å². The first-order valence-electron chi connectivity index (χ1n) is 5.22. The summed E-state index contributed by atoms with van der Waals surface area (Å²) in [6.07, 6.45) is 0. The van der Waals surface area contributed by atoms with Gasteiger partial charge in [-0.3, -0.25) is 0 Å². The summed E-state index contributed by atoms with van der Waals surface area (Å²) < 4.78 is 0. The Labute approximate surface area is 105 Å². The fourth-order valence-electron chi connectivity index (χ4n) is 1.56. The van der Waals surface area contributed by atoms with Crippen LogP contribution in [0.3, 0.4) is 0 Å². The Morgan fingerprint density at radius 1 is 1.12 bits per heavy atom. The second-order valence-electron chi connectivity index (χ2n) is 3.77. The van der Waals surface area contributed by atoms with Crippen LogP contribution in [0.5, 0.6) is 0 Å². The third kappa shape index (κ3) is 2.77. The summed E-state index contributed by atoms with van der Waals surface area (Å²) in [6.45, 7) is 1.97. The lowest BCUT2D eigenvalue weighted by atomic mass is 10.1. The van der Waals surface area contributed by atoms with Gasteiger partial charge in [0.15, 0.2) is 0 Å². The molecular formula is C14H11ClN2. The number of aryl methyl sites for hydroxylation is 1. The lowest BCUT2D eigenvalue weighted by Gasteiger charge is -2.09. The molecule has 2 nitrogen and oxygen atoms in total. The summed E-state index contributed by atoms with van der Waals surface area (Å²) in [5, 5.41) is 12.8. The number of nitrogens with zero attached hydrogens (tertiary/aromatic N) is 1. The third-order valence-corrected chi connectivity index (χ3v) is 2.73. The minimum Gasteiger partial charge on any atom is -0.355 e. The summed E-state index contributed by atoms with van der Waals surface area (Å²) in [6, 6.07) is 15.2. The molecule has 84 valence electrons. The predicted molar refractivity (Wildman–Crippen MR) is 70.6 cm³/mol. The van der Waals surface area contributed by atoms with Gasteiger partial charge < -0.3 is 5.32 Å². The van der Waals surface area contributed by atoms with E-state index in [0.29, 0.717) is 10.6 Å². The molecule has 0 atom stereocenters. The van der Waals surface area contributed by atoms with Gasteiger partial charge in [0.1, 0.15) is 0 Å². The molecule has 0 fully saturated rings. The highest BCUT2D eigenvalue weighted by Gasteiger charge is 2.00. The van der Waals surface area contributed by atoms with Crippen LogP contribution in [0.4, 0.5) is 11.4 Å². The van der Waals surface area contributed by atoms with E-state index < -0.39 is 0 Å². The Morgan fingerprint density at radius 2 is 1.82 bits per heavy atom. The molecule has 1 N–H and O–H groups in total. The topological polar surface area (TPSA) is 35.8 Å². The molecule has 2 aromatic rings. The van der Waals surface area contributed by atoms with Gasteiger partial charge in [-0.2, -0.15) is 5.26 Å². The van der Waals surface area contributed by atoms with Crippen LogP contribution < -0.4 is 5.32 Å². The molecule has 0 amide bonds. The predicted octanol–water partition coefficient (Wildman–Crippen LogP) is 4.26. The number of nitriles is 1. The van der Waals surface area contributed by atoms with Crippen molar-refractivity contribution in [2.24, 2.45) is 0 Å². The van der Waals surface area contributed by atoms with E-state index in [-0.39, 0.29) is 0 Å². The fraction of sp³-hybridized carbons (Fsp3) is 0.0714. The first-order valence-corrected chi connectivity index (χ1v) is 5.60. The molecule has 0 aliphatic carbocycles. The number of hydrogen-bond donors (Lipinski definition) is 1. The normalized spacial score (nSPS) is 9.71. The summed E-state index contributed by atoms with van der Waals surface area (Å²) in [5.74, 6) is 0. The van der Waals surface area contributed by atoms with Gasteiger partial charge >= 0.3 is 0 Å². The maximum atomic E-state index is 8.79. The van der Waals surface area contributed by atoms with Gasteiger partial charge in [-0.05, 0) is 55.0 Å². The quantitative estimate of drug-likeness (QED) is 0.854. The highest BCUT2D eigenvalue weighted by molar-refractivity contribution is 6.30. The molecule has 0 aliphatic rings. The molecular weight excluding hydrogens is 232 g/mol. The van der Waals surface area contributed by atoms with E-state index >= 15 is 0 Å². The van der Waals surface area contributed by atoms with E-state index in [1.165, 1.54) is 0 Å². The van der Waals surface area contributed by atoms with Crippen LogP contribution in [0.15, 0.2) is 42.5 Å². The van der Waals surface area contributed by atoms with E-state index in [0.717, 1.165) is 16.9 Å². The average Bonchev–Trinajstić information content (AvgIpc) is 2.34. The molecule has 3 heteroatoms. The molecule has 2 aromatic carbocycles. The smallest absolute Gasteiger partial charge is 0.0991 e. The van der Waals surface area contributed by atoms with Crippen LogP contribution in [0.1, 0.15) is 11.1 Å². The van der Waals surface area contributed by atoms with Gasteiger partial charge in [0.05, 0.1) is 11.6 Å². The van der Waals surface area contributed by atoms with Crippen LogP contribution in [0.2, 0.25) is 5.02 Å². The monoisotopic (exact) mass is 242 g/mol. The highest BCUT2D eigenvalue weighted by Crippen LogP contribution is 2.22. The Kier molecular flexibility index (Phi) is 3.32. The minimum absolute atomic E-state index is 0.671. The zero-order valence-electron chi connectivity index (χ0n) is 9.37. The fourth-order valence-corrected chi connectivity index (χ4v) is 1.69. The van der Waals surface area contributed by atoms with Crippen molar-refractivity contribution in [3.63, 3.8) is 0 Å². The van der Waals surface area contributed by atoms with Crippen LogP contribution in [0.25, 0.3) is 0 Å². The largest absolute Gasteiger partial charge is 0.355 e. The van der Waals surface area contributed by atoms with Gasteiger partial charge in [0.25, 0.3) is 0 Å². The number of rotatable bonds is 2. The average molecular weight is 243 g/mol. The van der Waals surface area contributed by atoms with Crippen LogP contribution in [-0.2, 0) is 0 Å². The van der Waals surface area contributed by atoms with Crippen molar-refractivity contribution in [3.8, 4) is 6.07 Å². The number of hydrogen-bond acceptors (Lipinski definition) is 2. The second-order valence-corrected chi connectivity index (χ2v) is 4.21. The summed E-state index contributed by atoms with van der Waals surface area (Å²) in [7, 11) is 0. The lowest BCUT2D eigenvalue weighted by molar-refractivity contribution is 1.40. The van der Waals surface area contributed by atoms with E-state index in [1.807, 2.05) is 43.3 Å². The van der Waals surface area contributed by atoms with Gasteiger partial charge in [0, 0.05) is 16.4 Å². The zero-order valence-corrected chi connectivity index (χ0v) is 10.1. The molecule has 0 radical (unpaired) electrons. The zero-order chi connectivity index (χ0) is 12.3. The van der Waals surface area contributed by atoms with Crippen molar-refractivity contribution >= 4 is 23.0 Å². The van der Waals surface area contributed by atoms with E-state index in [9.17, 15) is 0 Å². The van der Waals surface area contributed by atoms with Crippen LogP contribution in [-0.4, -0.2) is 0 Å². The van der Waals surface area contributed by atoms with E-state index in [4.69, 9.17) is 16.9 Å². The first kappa shape index (κ1) is 11.5. The van der Waals surface area contributed by atoms with Gasteiger partial charge in [-0.1, -0.05) is 11.6 Å². The van der Waals surface area contributed by atoms with Gasteiger partial charge in [0.2, 0.25) is 0 Å². The Hall–Kier alpha value is -1.98. The number of benzene rings is 2. The summed E-state index contributed by atoms with van der Waals surface area (Å²) >= 11 is 5.82. The maximum absolute atomic E-state index is 8.79. The lowest BCUT2D eigenvalue weighted by Crippen LogP contribution is -1.93. The maximum Gasteiger partial charge on any atom is 0.0991 e. The first-order chi connectivity index (χ1) is 8.19. The number of nitrogens with one attached hydrogen (secondary N) is 1. The molecule has 0 heterocycles. The van der Waals surface area contributed by atoms with Crippen molar-refractivity contribution < 1.29 is 0 Å². The van der Waals surface area contributed by atoms with Crippen molar-refractivity contribution in [1.82, 2.24) is 0 Å². The molecule has 0 unspecified atom stereocenters. The summed E-state index contributed by atoms with van der Waals surface area (Å²) in [4.78, 5) is 0. The molecule has 0 spiro atoms. The molecule has 2 rings (SSSR count). The van der Waals surface area contributed by atoms with Crippen molar-refractivity contribution in [3.05, 3.63) is 58.6 Å². The van der Waals surface area contributed by atoms with Crippen LogP contribution in [0, 0.1) is 18.3 Å². The molecule has 0 bridgehead atoms. The number of anilines is 2. The van der Waals surface area contributed by atoms with Crippen molar-refractivity contribution in [2.45, 2.75) is 6.92 Å². The standard InChI is InChI=1S/C14H11ClN2/c1-10-8-11(9-16)2-7-14(10)17-13-5-3-12(15)4-6-13/h2-8,17H,1H3. The highest BCUT2D eigenvalue weighted by atomic mass is 35.5. The van der Waals surface area contributed by atoms with Crippen LogP contribution >= 0.6 is 11.6 Å². The minimum atomic E-state index is 0.671. The Morgan fingerprint density at radius 3 is 2.41 bits per heavy atom. The molecule has 0 aliphatic heterocycles. The summed E-state index contributed by atoms with van der Waals surface area (Å²) in [5.41, 5.74) is 3.68. The molecule has 17 heavy (non-hydrogen) atoms. The van der Waals surface area contributed by atoms with Gasteiger partial charge in [-0.15, -0.1) is 0 Å². The second kappa shape index (κ2) is 4.90. The van der Waals surface area contributed by atoms with E-state index in [1.54, 1.807) is 6.07 Å². The van der Waals surface area contributed by atoms with Crippen molar-refractivity contribution in [2.75, 3.05) is 5.32 Å². The SMILES string of the molecule is Cc1cc(C#N)ccc1Nc1ccc(Cl)cc1. The van der Waals surface area contributed by atoms with Gasteiger partial charge in [-0.25, -0.2) is 0 Å². The van der Waals surface area contributed by atoms with E-state index in [2.05, 4.69) is 11.4 Å². The third-order valence-electron chi connectivity index (χ3n) is 2.48. The molecule has 0 aromatic heterocycles. The molecule has 0 saturated carbocycles. The Balaban J connectivity index is 2.25. The molecule has 0 saturated heterocycles. The number of halogens is 1. The Bertz CT molecular complexity index is 568.